The molecule has 2 aromatic rings. The van der Waals surface area contributed by atoms with E-state index in [0.717, 1.165) is 15.6 Å². The molecule has 1 aliphatic heterocycles. The minimum absolute atomic E-state index is 0.00886. The number of rotatable bonds is 4. The molecule has 2 aromatic carbocycles. The van der Waals surface area contributed by atoms with Gasteiger partial charge in [0.25, 0.3) is 0 Å². The molecule has 1 aliphatic rings. The van der Waals surface area contributed by atoms with E-state index in [-0.39, 0.29) is 24.2 Å². The second-order valence-electron chi connectivity index (χ2n) is 6.18. The molecule has 130 valence electrons. The van der Waals surface area contributed by atoms with Crippen LogP contribution in [0.3, 0.4) is 0 Å². The highest BCUT2D eigenvalue weighted by molar-refractivity contribution is 9.10. The van der Waals surface area contributed by atoms with Gasteiger partial charge in [0.15, 0.2) is 0 Å². The van der Waals surface area contributed by atoms with Gasteiger partial charge in [-0.25, -0.2) is 0 Å². The molecule has 1 N–H and O–H groups in total. The molecule has 0 saturated carbocycles. The Morgan fingerprint density at radius 1 is 1.28 bits per heavy atom. The summed E-state index contributed by atoms with van der Waals surface area (Å²) < 4.78 is 0.787. The average Bonchev–Trinajstić information content (AvgIpc) is 2.97. The first-order chi connectivity index (χ1) is 12.0. The van der Waals surface area contributed by atoms with Gasteiger partial charge >= 0.3 is 0 Å². The number of hydrogen-bond acceptors (Lipinski definition) is 2. The van der Waals surface area contributed by atoms with E-state index < -0.39 is 0 Å². The Hall–Kier alpha value is -1.85. The fourth-order valence-electron chi connectivity index (χ4n) is 2.93. The maximum atomic E-state index is 12.6. The average molecular weight is 422 g/mol. The van der Waals surface area contributed by atoms with Gasteiger partial charge in [-0.15, -0.1) is 0 Å². The summed E-state index contributed by atoms with van der Waals surface area (Å²) in [5, 5.41) is 3.48. The molecule has 0 radical (unpaired) electrons. The predicted octanol–water partition coefficient (Wildman–Crippen LogP) is 4.40. The van der Waals surface area contributed by atoms with Gasteiger partial charge in [0.05, 0.1) is 10.9 Å². The second-order valence-corrected chi connectivity index (χ2v) is 7.42. The lowest BCUT2D eigenvalue weighted by Gasteiger charge is -2.17. The summed E-state index contributed by atoms with van der Waals surface area (Å²) in [5.74, 6) is -0.488. The number of nitrogens with one attached hydrogen (secondary N) is 1. The maximum absolute atomic E-state index is 12.6. The fraction of sp³-hybridized carbons (Fsp3) is 0.263. The maximum Gasteiger partial charge on any atom is 0.229 e. The van der Waals surface area contributed by atoms with Crippen LogP contribution in [0.5, 0.6) is 0 Å². The van der Waals surface area contributed by atoms with Crippen LogP contribution in [0.4, 0.5) is 5.69 Å². The molecule has 1 fully saturated rings. The molecule has 0 aromatic heterocycles. The Labute approximate surface area is 160 Å². The molecule has 0 spiro atoms. The number of amides is 2. The topological polar surface area (TPSA) is 49.4 Å². The Bertz CT molecular complexity index is 811. The zero-order chi connectivity index (χ0) is 18.0. The van der Waals surface area contributed by atoms with Crippen LogP contribution in [0.15, 0.2) is 46.9 Å². The number of carbonyl (C=O) groups excluding carboxylic acids is 2. The largest absolute Gasteiger partial charge is 0.338 e. The number of halogens is 2. The smallest absolute Gasteiger partial charge is 0.229 e. The minimum atomic E-state index is -0.349. The van der Waals surface area contributed by atoms with Gasteiger partial charge in [-0.3, -0.25) is 9.59 Å². The van der Waals surface area contributed by atoms with Crippen LogP contribution in [0.2, 0.25) is 5.02 Å². The molecule has 25 heavy (non-hydrogen) atoms. The van der Waals surface area contributed by atoms with Gasteiger partial charge in [-0.1, -0.05) is 41.9 Å². The molecule has 0 unspecified atom stereocenters. The summed E-state index contributed by atoms with van der Waals surface area (Å²) in [6.07, 6.45) is 0.238. The number of likely N-dealkylation sites (tertiary alicyclic amines) is 1. The van der Waals surface area contributed by atoms with Crippen molar-refractivity contribution in [1.29, 1.82) is 0 Å². The van der Waals surface area contributed by atoms with Gasteiger partial charge < -0.3 is 10.2 Å². The van der Waals surface area contributed by atoms with Crippen LogP contribution >= 0.6 is 27.5 Å². The Balaban J connectivity index is 1.66. The highest BCUT2D eigenvalue weighted by Gasteiger charge is 2.34. The zero-order valence-corrected chi connectivity index (χ0v) is 16.1. The number of hydrogen-bond donors (Lipinski definition) is 1. The first-order valence-electron chi connectivity index (χ1n) is 8.03. The fourth-order valence-corrected chi connectivity index (χ4v) is 3.52. The highest BCUT2D eigenvalue weighted by atomic mass is 79.9. The van der Waals surface area contributed by atoms with Crippen molar-refractivity contribution in [2.24, 2.45) is 5.92 Å². The Morgan fingerprint density at radius 2 is 2.00 bits per heavy atom. The van der Waals surface area contributed by atoms with Crippen LogP contribution in [-0.2, 0) is 16.1 Å². The summed E-state index contributed by atoms with van der Waals surface area (Å²) >= 11 is 9.57. The van der Waals surface area contributed by atoms with Crippen molar-refractivity contribution in [3.05, 3.63) is 63.1 Å². The van der Waals surface area contributed by atoms with Crippen molar-refractivity contribution in [3.63, 3.8) is 0 Å². The molecular weight excluding hydrogens is 404 g/mol. The monoisotopic (exact) mass is 420 g/mol. The molecule has 2 amide bonds. The van der Waals surface area contributed by atoms with Crippen molar-refractivity contribution in [1.82, 2.24) is 4.90 Å². The van der Waals surface area contributed by atoms with Crippen molar-refractivity contribution in [2.75, 3.05) is 11.9 Å². The summed E-state index contributed by atoms with van der Waals surface area (Å²) in [4.78, 5) is 26.5. The predicted molar refractivity (Wildman–Crippen MR) is 102 cm³/mol. The number of anilines is 1. The van der Waals surface area contributed by atoms with E-state index >= 15 is 0 Å². The minimum Gasteiger partial charge on any atom is -0.338 e. The standard InChI is InChI=1S/C19H18BrClN2O2/c1-12-16(8-7-15(20)18(12)21)22-19(25)14-9-17(24)23(11-14)10-13-5-3-2-4-6-13/h2-8,14H,9-11H2,1H3,(H,22,25)/t14-/m0/s1. The second kappa shape index (κ2) is 7.58. The molecule has 1 heterocycles. The van der Waals surface area contributed by atoms with Crippen molar-refractivity contribution >= 4 is 45.0 Å². The number of benzene rings is 2. The molecule has 1 atom stereocenters. The lowest BCUT2D eigenvalue weighted by Crippen LogP contribution is -2.28. The molecule has 0 bridgehead atoms. The van der Waals surface area contributed by atoms with E-state index in [1.807, 2.05) is 43.3 Å². The van der Waals surface area contributed by atoms with Gasteiger partial charge in [0.2, 0.25) is 11.8 Å². The first kappa shape index (κ1) is 18.0. The lowest BCUT2D eigenvalue weighted by molar-refractivity contribution is -0.128. The van der Waals surface area contributed by atoms with Crippen LogP contribution in [0.1, 0.15) is 17.5 Å². The molecule has 0 aliphatic carbocycles. The van der Waals surface area contributed by atoms with E-state index in [4.69, 9.17) is 11.6 Å². The van der Waals surface area contributed by atoms with E-state index in [1.54, 1.807) is 11.0 Å². The van der Waals surface area contributed by atoms with Crippen LogP contribution in [0.25, 0.3) is 0 Å². The van der Waals surface area contributed by atoms with E-state index in [0.29, 0.717) is 23.8 Å². The third kappa shape index (κ3) is 4.05. The number of nitrogens with zero attached hydrogens (tertiary/aromatic N) is 1. The first-order valence-corrected chi connectivity index (χ1v) is 9.20. The van der Waals surface area contributed by atoms with E-state index in [1.165, 1.54) is 0 Å². The summed E-state index contributed by atoms with van der Waals surface area (Å²) in [6, 6.07) is 13.4. The lowest BCUT2D eigenvalue weighted by atomic mass is 10.1. The van der Waals surface area contributed by atoms with Crippen molar-refractivity contribution < 1.29 is 9.59 Å². The van der Waals surface area contributed by atoms with E-state index in [2.05, 4.69) is 21.2 Å². The van der Waals surface area contributed by atoms with E-state index in [9.17, 15) is 9.59 Å². The zero-order valence-electron chi connectivity index (χ0n) is 13.8. The van der Waals surface area contributed by atoms with Crippen LogP contribution in [-0.4, -0.2) is 23.3 Å². The molecule has 3 rings (SSSR count). The van der Waals surface area contributed by atoms with Gasteiger partial charge in [-0.05, 0) is 46.1 Å². The quantitative estimate of drug-likeness (QED) is 0.795. The Kier molecular flexibility index (Phi) is 5.45. The summed E-state index contributed by atoms with van der Waals surface area (Å²) in [5.41, 5.74) is 2.54. The van der Waals surface area contributed by atoms with Gasteiger partial charge in [0, 0.05) is 29.7 Å². The SMILES string of the molecule is Cc1c(NC(=O)[C@H]2CC(=O)N(Cc3ccccc3)C2)ccc(Br)c1Cl. The molecule has 1 saturated heterocycles. The van der Waals surface area contributed by atoms with Gasteiger partial charge in [-0.2, -0.15) is 0 Å². The normalized spacial score (nSPS) is 17.0. The third-order valence-corrected chi connectivity index (χ3v) is 5.77. The molecule has 6 heteroatoms. The Morgan fingerprint density at radius 3 is 2.72 bits per heavy atom. The van der Waals surface area contributed by atoms with Crippen LogP contribution in [0, 0.1) is 12.8 Å². The molecule has 4 nitrogen and oxygen atoms in total. The van der Waals surface area contributed by atoms with Gasteiger partial charge in [0.1, 0.15) is 0 Å². The summed E-state index contributed by atoms with van der Waals surface area (Å²) in [6.45, 7) is 2.82. The van der Waals surface area contributed by atoms with Crippen LogP contribution < -0.4 is 5.32 Å². The third-order valence-electron chi connectivity index (χ3n) is 4.40. The van der Waals surface area contributed by atoms with Crippen molar-refractivity contribution in [2.45, 2.75) is 19.9 Å². The summed E-state index contributed by atoms with van der Waals surface area (Å²) in [7, 11) is 0. The highest BCUT2D eigenvalue weighted by Crippen LogP contribution is 2.31. The van der Waals surface area contributed by atoms with Crippen molar-refractivity contribution in [3.8, 4) is 0 Å². The number of carbonyl (C=O) groups is 2. The molecular formula is C19H18BrClN2O2.